The normalized spacial score (nSPS) is 14.8. The van der Waals surface area contributed by atoms with Gasteiger partial charge in [-0.3, -0.25) is 0 Å². The lowest BCUT2D eigenvalue weighted by molar-refractivity contribution is -0.0545. The summed E-state index contributed by atoms with van der Waals surface area (Å²) >= 11 is 0. The van der Waals surface area contributed by atoms with Crippen LogP contribution in [0.4, 0.5) is 0 Å². The van der Waals surface area contributed by atoms with Crippen LogP contribution in [0.15, 0.2) is 0 Å². The maximum Gasteiger partial charge on any atom is 0.0707 e. The summed E-state index contributed by atoms with van der Waals surface area (Å²) in [5.41, 5.74) is 0.0933. The van der Waals surface area contributed by atoms with Crippen molar-refractivity contribution in [1.29, 1.82) is 0 Å². The Morgan fingerprint density at radius 2 is 1.67 bits per heavy atom. The predicted molar refractivity (Wildman–Crippen MR) is 78.1 cm³/mol. The molecule has 1 N–H and O–H groups in total. The van der Waals surface area contributed by atoms with Crippen LogP contribution in [-0.2, 0) is 9.47 Å². The van der Waals surface area contributed by atoms with Gasteiger partial charge in [-0.1, -0.05) is 13.8 Å². The van der Waals surface area contributed by atoms with E-state index in [1.54, 1.807) is 0 Å². The van der Waals surface area contributed by atoms with E-state index in [0.29, 0.717) is 19.1 Å². The van der Waals surface area contributed by atoms with E-state index in [1.165, 1.54) is 0 Å². The molecule has 0 aliphatic rings. The molecule has 0 spiro atoms. The maximum atomic E-state index is 5.77. The molecule has 0 aliphatic carbocycles. The fourth-order valence-corrected chi connectivity index (χ4v) is 1.75. The van der Waals surface area contributed by atoms with E-state index in [9.17, 15) is 0 Å². The van der Waals surface area contributed by atoms with Crippen molar-refractivity contribution in [3.05, 3.63) is 0 Å². The molecule has 0 aromatic carbocycles. The summed E-state index contributed by atoms with van der Waals surface area (Å²) in [6.45, 7) is 15.2. The molecule has 3 heteroatoms. The fourth-order valence-electron chi connectivity index (χ4n) is 1.75. The van der Waals surface area contributed by atoms with Crippen molar-refractivity contribution in [2.24, 2.45) is 5.92 Å². The number of nitrogens with one attached hydrogen (secondary N) is 1. The highest BCUT2D eigenvalue weighted by molar-refractivity contribution is 4.83. The van der Waals surface area contributed by atoms with Gasteiger partial charge in [-0.25, -0.2) is 0 Å². The largest absolute Gasteiger partial charge is 0.379 e. The molecule has 1 unspecified atom stereocenters. The summed E-state index contributed by atoms with van der Waals surface area (Å²) in [7, 11) is 2.01. The molecular formula is C15H33NO2. The second-order valence-electron chi connectivity index (χ2n) is 6.11. The quantitative estimate of drug-likeness (QED) is 0.611. The lowest BCUT2D eigenvalue weighted by Crippen LogP contribution is -2.45. The van der Waals surface area contributed by atoms with E-state index in [1.807, 2.05) is 7.05 Å². The number of rotatable bonds is 10. The summed E-state index contributed by atoms with van der Waals surface area (Å²) in [4.78, 5) is 0. The molecule has 0 aliphatic heterocycles. The third-order valence-electron chi connectivity index (χ3n) is 4.05. The van der Waals surface area contributed by atoms with Crippen LogP contribution < -0.4 is 5.32 Å². The number of hydrogen-bond acceptors (Lipinski definition) is 3. The summed E-state index contributed by atoms with van der Waals surface area (Å²) < 4.78 is 11.5. The number of ether oxygens (including phenoxy) is 2. The zero-order valence-electron chi connectivity index (χ0n) is 13.4. The first kappa shape index (κ1) is 17.9. The van der Waals surface area contributed by atoms with Gasteiger partial charge in [-0.2, -0.15) is 0 Å². The summed E-state index contributed by atoms with van der Waals surface area (Å²) in [6.07, 6.45) is 2.15. The molecule has 0 saturated carbocycles. The summed E-state index contributed by atoms with van der Waals surface area (Å²) in [5.74, 6) is 0.529. The smallest absolute Gasteiger partial charge is 0.0707 e. The van der Waals surface area contributed by atoms with Crippen molar-refractivity contribution in [3.8, 4) is 0 Å². The van der Waals surface area contributed by atoms with Crippen molar-refractivity contribution < 1.29 is 9.47 Å². The molecule has 0 fully saturated rings. The minimum absolute atomic E-state index is 0.0300. The standard InChI is InChI=1S/C15H33NO2/c1-8-13(15(5,6)16-7)12-17-10-11-18-14(3,4)9-2/h13,16H,8-12H2,1-7H3. The zero-order valence-corrected chi connectivity index (χ0v) is 13.4. The molecule has 110 valence electrons. The lowest BCUT2D eigenvalue weighted by Gasteiger charge is -2.33. The van der Waals surface area contributed by atoms with Crippen LogP contribution in [0.25, 0.3) is 0 Å². The summed E-state index contributed by atoms with van der Waals surface area (Å²) in [6, 6.07) is 0. The molecule has 1 atom stereocenters. The summed E-state index contributed by atoms with van der Waals surface area (Å²) in [5, 5.41) is 3.36. The Balaban J connectivity index is 3.83. The monoisotopic (exact) mass is 259 g/mol. The van der Waals surface area contributed by atoms with Gasteiger partial charge >= 0.3 is 0 Å². The minimum Gasteiger partial charge on any atom is -0.379 e. The van der Waals surface area contributed by atoms with E-state index in [4.69, 9.17) is 9.47 Å². The van der Waals surface area contributed by atoms with Crippen LogP contribution in [0.5, 0.6) is 0 Å². The van der Waals surface area contributed by atoms with Crippen LogP contribution in [0.3, 0.4) is 0 Å². The van der Waals surface area contributed by atoms with Gasteiger partial charge in [0, 0.05) is 5.54 Å². The first-order valence-corrected chi connectivity index (χ1v) is 7.19. The predicted octanol–water partition coefficient (Wildman–Crippen LogP) is 3.23. The molecule has 0 bridgehead atoms. The Labute approximate surface area is 114 Å². The van der Waals surface area contributed by atoms with E-state index in [2.05, 4.69) is 46.9 Å². The van der Waals surface area contributed by atoms with Crippen molar-refractivity contribution in [1.82, 2.24) is 5.32 Å². The van der Waals surface area contributed by atoms with Crippen molar-refractivity contribution >= 4 is 0 Å². The van der Waals surface area contributed by atoms with E-state index >= 15 is 0 Å². The van der Waals surface area contributed by atoms with Crippen LogP contribution in [0.2, 0.25) is 0 Å². The van der Waals surface area contributed by atoms with Gasteiger partial charge in [-0.15, -0.1) is 0 Å². The Bertz CT molecular complexity index is 215. The average Bonchev–Trinajstić information content (AvgIpc) is 2.33. The molecule has 0 amide bonds. The molecule has 0 saturated heterocycles. The Morgan fingerprint density at radius 1 is 1.06 bits per heavy atom. The first-order chi connectivity index (χ1) is 8.29. The number of hydrogen-bond donors (Lipinski definition) is 1. The van der Waals surface area contributed by atoms with Crippen LogP contribution in [0, 0.1) is 5.92 Å². The van der Waals surface area contributed by atoms with Gasteiger partial charge in [0.15, 0.2) is 0 Å². The molecule has 0 aromatic heterocycles. The zero-order chi connectivity index (χ0) is 14.2. The van der Waals surface area contributed by atoms with Gasteiger partial charge in [0.25, 0.3) is 0 Å². The highest BCUT2D eigenvalue weighted by Crippen LogP contribution is 2.20. The second kappa shape index (κ2) is 8.13. The molecule has 18 heavy (non-hydrogen) atoms. The SMILES string of the molecule is CCC(COCCOC(C)(C)CC)C(C)(C)NC. The van der Waals surface area contributed by atoms with E-state index in [-0.39, 0.29) is 11.1 Å². The molecule has 3 nitrogen and oxygen atoms in total. The van der Waals surface area contributed by atoms with Gasteiger partial charge in [0.05, 0.1) is 25.4 Å². The van der Waals surface area contributed by atoms with Gasteiger partial charge in [-0.05, 0) is 53.5 Å². The fraction of sp³-hybridized carbons (Fsp3) is 1.00. The van der Waals surface area contributed by atoms with Crippen LogP contribution in [0.1, 0.15) is 54.4 Å². The van der Waals surface area contributed by atoms with E-state index in [0.717, 1.165) is 19.4 Å². The van der Waals surface area contributed by atoms with Crippen molar-refractivity contribution in [2.75, 3.05) is 26.9 Å². The second-order valence-corrected chi connectivity index (χ2v) is 6.11. The highest BCUT2D eigenvalue weighted by atomic mass is 16.5. The van der Waals surface area contributed by atoms with Crippen molar-refractivity contribution in [2.45, 2.75) is 65.5 Å². The molecule has 0 aromatic rings. The van der Waals surface area contributed by atoms with Gasteiger partial charge < -0.3 is 14.8 Å². The van der Waals surface area contributed by atoms with Crippen LogP contribution in [-0.4, -0.2) is 38.0 Å². The molecule has 0 rings (SSSR count). The Hall–Kier alpha value is -0.120. The highest BCUT2D eigenvalue weighted by Gasteiger charge is 2.26. The third kappa shape index (κ3) is 6.72. The Morgan fingerprint density at radius 3 is 2.11 bits per heavy atom. The molecule has 0 radical (unpaired) electrons. The topological polar surface area (TPSA) is 30.5 Å². The lowest BCUT2D eigenvalue weighted by atomic mass is 9.86. The van der Waals surface area contributed by atoms with E-state index < -0.39 is 0 Å². The van der Waals surface area contributed by atoms with Crippen LogP contribution >= 0.6 is 0 Å². The molecular weight excluding hydrogens is 226 g/mol. The third-order valence-corrected chi connectivity index (χ3v) is 4.05. The van der Waals surface area contributed by atoms with Crippen molar-refractivity contribution in [3.63, 3.8) is 0 Å². The Kier molecular flexibility index (Phi) is 8.08. The minimum atomic E-state index is -0.0300. The maximum absolute atomic E-state index is 5.77. The van der Waals surface area contributed by atoms with Gasteiger partial charge in [0.2, 0.25) is 0 Å². The average molecular weight is 259 g/mol. The van der Waals surface area contributed by atoms with Gasteiger partial charge in [0.1, 0.15) is 0 Å². The molecule has 0 heterocycles. The first-order valence-electron chi connectivity index (χ1n) is 7.19.